The van der Waals surface area contributed by atoms with Crippen molar-refractivity contribution in [1.82, 2.24) is 4.90 Å². The van der Waals surface area contributed by atoms with Crippen LogP contribution in [0.25, 0.3) is 0 Å². The Kier molecular flexibility index (Phi) is 7.53. The Balaban J connectivity index is 2.94. The lowest BCUT2D eigenvalue weighted by Crippen LogP contribution is -2.25. The molecule has 1 rings (SSSR count). The standard InChI is InChI=1S/C15H22BrNO4/c1-4-6-21-15-12(16)7-11(8-13(15)20-5-2)9-17(3)10-14(18)19/h7-8H,4-6,9-10H2,1-3H3,(H,18,19). The van der Waals surface area contributed by atoms with Crippen LogP contribution in [0.1, 0.15) is 25.8 Å². The Morgan fingerprint density at radius 1 is 1.33 bits per heavy atom. The van der Waals surface area contributed by atoms with Crippen molar-refractivity contribution < 1.29 is 19.4 Å². The van der Waals surface area contributed by atoms with Gasteiger partial charge >= 0.3 is 5.97 Å². The van der Waals surface area contributed by atoms with Gasteiger partial charge in [-0.25, -0.2) is 0 Å². The number of rotatable bonds is 9. The van der Waals surface area contributed by atoms with E-state index in [1.807, 2.05) is 26.0 Å². The molecule has 0 unspecified atom stereocenters. The lowest BCUT2D eigenvalue weighted by Gasteiger charge is -2.18. The molecule has 0 aliphatic heterocycles. The highest BCUT2D eigenvalue weighted by atomic mass is 79.9. The first kappa shape index (κ1) is 17.8. The lowest BCUT2D eigenvalue weighted by atomic mass is 10.2. The third-order valence-corrected chi connectivity index (χ3v) is 3.27. The third-order valence-electron chi connectivity index (χ3n) is 2.68. The van der Waals surface area contributed by atoms with Crippen molar-refractivity contribution in [3.05, 3.63) is 22.2 Å². The average molecular weight is 360 g/mol. The monoisotopic (exact) mass is 359 g/mol. The van der Waals surface area contributed by atoms with E-state index in [1.54, 1.807) is 11.9 Å². The van der Waals surface area contributed by atoms with Crippen LogP contribution < -0.4 is 9.47 Å². The molecule has 0 radical (unpaired) electrons. The van der Waals surface area contributed by atoms with E-state index < -0.39 is 5.97 Å². The number of hydrogen-bond donors (Lipinski definition) is 1. The number of carbonyl (C=O) groups is 1. The minimum atomic E-state index is -0.843. The largest absolute Gasteiger partial charge is 0.490 e. The Bertz CT molecular complexity index is 479. The summed E-state index contributed by atoms with van der Waals surface area (Å²) in [5, 5.41) is 8.80. The molecule has 0 bridgehead atoms. The van der Waals surface area contributed by atoms with E-state index in [2.05, 4.69) is 15.9 Å². The first-order chi connectivity index (χ1) is 9.97. The van der Waals surface area contributed by atoms with Gasteiger partial charge in [-0.05, 0) is 54.0 Å². The molecule has 0 aromatic heterocycles. The van der Waals surface area contributed by atoms with Crippen molar-refractivity contribution in [1.29, 1.82) is 0 Å². The Morgan fingerprint density at radius 3 is 2.62 bits per heavy atom. The van der Waals surface area contributed by atoms with Crippen molar-refractivity contribution in [2.24, 2.45) is 0 Å². The number of carboxylic acid groups (broad SMARTS) is 1. The zero-order chi connectivity index (χ0) is 15.8. The molecule has 0 atom stereocenters. The minimum absolute atomic E-state index is 0.00429. The highest BCUT2D eigenvalue weighted by Gasteiger charge is 2.14. The fourth-order valence-electron chi connectivity index (χ4n) is 1.92. The first-order valence-corrected chi connectivity index (χ1v) is 7.75. The van der Waals surface area contributed by atoms with E-state index >= 15 is 0 Å². The molecule has 0 amide bonds. The molecule has 118 valence electrons. The summed E-state index contributed by atoms with van der Waals surface area (Å²) >= 11 is 3.50. The molecular weight excluding hydrogens is 338 g/mol. The second-order valence-corrected chi connectivity index (χ2v) is 5.61. The van der Waals surface area contributed by atoms with Crippen molar-refractivity contribution >= 4 is 21.9 Å². The summed E-state index contributed by atoms with van der Waals surface area (Å²) in [6.07, 6.45) is 0.918. The molecule has 1 aromatic rings. The van der Waals surface area contributed by atoms with Gasteiger partial charge in [-0.1, -0.05) is 6.92 Å². The zero-order valence-electron chi connectivity index (χ0n) is 12.7. The number of hydrogen-bond acceptors (Lipinski definition) is 4. The van der Waals surface area contributed by atoms with Crippen LogP contribution in [-0.2, 0) is 11.3 Å². The topological polar surface area (TPSA) is 59.0 Å². The summed E-state index contributed by atoms with van der Waals surface area (Å²) in [6, 6.07) is 3.84. The molecule has 0 saturated heterocycles. The number of likely N-dealkylation sites (N-methyl/N-ethyl adjacent to an activating group) is 1. The highest BCUT2D eigenvalue weighted by Crippen LogP contribution is 2.37. The van der Waals surface area contributed by atoms with Gasteiger partial charge in [0.25, 0.3) is 0 Å². The Labute approximate surface area is 134 Å². The molecule has 0 saturated carbocycles. The van der Waals surface area contributed by atoms with Gasteiger partial charge in [0.1, 0.15) is 0 Å². The quantitative estimate of drug-likeness (QED) is 0.733. The molecule has 1 N–H and O–H groups in total. The maximum absolute atomic E-state index is 10.7. The maximum atomic E-state index is 10.7. The van der Waals surface area contributed by atoms with E-state index in [0.29, 0.717) is 31.3 Å². The van der Waals surface area contributed by atoms with Crippen molar-refractivity contribution in [2.45, 2.75) is 26.8 Å². The molecule has 1 aromatic carbocycles. The molecule has 21 heavy (non-hydrogen) atoms. The summed E-state index contributed by atoms with van der Waals surface area (Å²) < 4.78 is 12.2. The molecule has 0 spiro atoms. The molecule has 0 heterocycles. The summed E-state index contributed by atoms with van der Waals surface area (Å²) in [6.45, 7) is 5.65. The smallest absolute Gasteiger partial charge is 0.317 e. The maximum Gasteiger partial charge on any atom is 0.317 e. The van der Waals surface area contributed by atoms with E-state index in [0.717, 1.165) is 16.5 Å². The van der Waals surface area contributed by atoms with Crippen LogP contribution in [0.2, 0.25) is 0 Å². The molecule has 0 aliphatic rings. The van der Waals surface area contributed by atoms with E-state index in [-0.39, 0.29) is 6.54 Å². The van der Waals surface area contributed by atoms with Gasteiger partial charge in [-0.15, -0.1) is 0 Å². The van der Waals surface area contributed by atoms with Crippen molar-refractivity contribution in [3.8, 4) is 11.5 Å². The van der Waals surface area contributed by atoms with Gasteiger partial charge in [-0.2, -0.15) is 0 Å². The van der Waals surface area contributed by atoms with Crippen LogP contribution in [0.4, 0.5) is 0 Å². The average Bonchev–Trinajstić information content (AvgIpc) is 2.37. The van der Waals surface area contributed by atoms with Gasteiger partial charge in [0, 0.05) is 6.54 Å². The summed E-state index contributed by atoms with van der Waals surface area (Å²) in [5.74, 6) is 0.534. The lowest BCUT2D eigenvalue weighted by molar-refractivity contribution is -0.138. The van der Waals surface area contributed by atoms with Gasteiger partial charge < -0.3 is 14.6 Å². The fourth-order valence-corrected chi connectivity index (χ4v) is 2.52. The second-order valence-electron chi connectivity index (χ2n) is 4.75. The van der Waals surface area contributed by atoms with Gasteiger partial charge in [0.2, 0.25) is 0 Å². The molecule has 0 aliphatic carbocycles. The fraction of sp³-hybridized carbons (Fsp3) is 0.533. The SMILES string of the molecule is CCCOc1c(Br)cc(CN(C)CC(=O)O)cc1OCC. The third kappa shape index (κ3) is 5.93. The first-order valence-electron chi connectivity index (χ1n) is 6.96. The Morgan fingerprint density at radius 2 is 2.05 bits per heavy atom. The van der Waals surface area contributed by atoms with Crippen LogP contribution in [0.3, 0.4) is 0 Å². The predicted molar refractivity (Wildman–Crippen MR) is 85.1 cm³/mol. The van der Waals surface area contributed by atoms with Crippen LogP contribution in [0, 0.1) is 0 Å². The van der Waals surface area contributed by atoms with Crippen LogP contribution in [0.5, 0.6) is 11.5 Å². The van der Waals surface area contributed by atoms with E-state index in [1.165, 1.54) is 0 Å². The van der Waals surface area contributed by atoms with E-state index in [4.69, 9.17) is 14.6 Å². The van der Waals surface area contributed by atoms with Gasteiger partial charge in [-0.3, -0.25) is 9.69 Å². The molecule has 5 nitrogen and oxygen atoms in total. The number of aliphatic carboxylic acids is 1. The summed E-state index contributed by atoms with van der Waals surface area (Å²) in [4.78, 5) is 12.4. The Hall–Kier alpha value is -1.27. The second kappa shape index (κ2) is 8.89. The molecular formula is C15H22BrNO4. The number of nitrogens with zero attached hydrogens (tertiary/aromatic N) is 1. The number of carboxylic acids is 1. The number of halogens is 1. The predicted octanol–water partition coefficient (Wildman–Crippen LogP) is 3.15. The molecule has 0 fully saturated rings. The summed E-state index contributed by atoms with van der Waals surface area (Å²) in [5.41, 5.74) is 0.970. The highest BCUT2D eigenvalue weighted by molar-refractivity contribution is 9.10. The van der Waals surface area contributed by atoms with Crippen molar-refractivity contribution in [3.63, 3.8) is 0 Å². The van der Waals surface area contributed by atoms with Gasteiger partial charge in [0.05, 0.1) is 24.2 Å². The number of ether oxygens (including phenoxy) is 2. The van der Waals surface area contributed by atoms with Crippen LogP contribution >= 0.6 is 15.9 Å². The van der Waals surface area contributed by atoms with Crippen molar-refractivity contribution in [2.75, 3.05) is 26.8 Å². The van der Waals surface area contributed by atoms with Crippen LogP contribution in [-0.4, -0.2) is 42.8 Å². The molecule has 6 heteroatoms. The minimum Gasteiger partial charge on any atom is -0.490 e. The van der Waals surface area contributed by atoms with E-state index in [9.17, 15) is 4.79 Å². The normalized spacial score (nSPS) is 10.7. The van der Waals surface area contributed by atoms with Crippen LogP contribution in [0.15, 0.2) is 16.6 Å². The number of benzene rings is 1. The zero-order valence-corrected chi connectivity index (χ0v) is 14.3. The summed E-state index contributed by atoms with van der Waals surface area (Å²) in [7, 11) is 1.77. The van der Waals surface area contributed by atoms with Gasteiger partial charge in [0.15, 0.2) is 11.5 Å².